The van der Waals surface area contributed by atoms with E-state index in [0.717, 1.165) is 15.6 Å². The van der Waals surface area contributed by atoms with E-state index in [1.54, 1.807) is 24.0 Å². The van der Waals surface area contributed by atoms with Gasteiger partial charge in [-0.15, -0.1) is 11.8 Å². The fourth-order valence-electron chi connectivity index (χ4n) is 2.79. The molecule has 8 heteroatoms. The van der Waals surface area contributed by atoms with E-state index in [4.69, 9.17) is 23.2 Å². The van der Waals surface area contributed by atoms with Crippen molar-refractivity contribution in [2.45, 2.75) is 39.1 Å². The maximum atomic E-state index is 13.1. The minimum absolute atomic E-state index is 0.0969. The minimum atomic E-state index is -0.603. The van der Waals surface area contributed by atoms with Gasteiger partial charge in [-0.2, -0.15) is 0 Å². The van der Waals surface area contributed by atoms with E-state index in [2.05, 4.69) is 21.2 Å². The monoisotopic (exact) mass is 544 g/mol. The van der Waals surface area contributed by atoms with E-state index in [9.17, 15) is 9.59 Å². The molecule has 168 valence electrons. The van der Waals surface area contributed by atoms with E-state index >= 15 is 0 Å². The zero-order valence-electron chi connectivity index (χ0n) is 17.8. The van der Waals surface area contributed by atoms with E-state index in [0.29, 0.717) is 28.3 Å². The molecule has 31 heavy (non-hydrogen) atoms. The number of carbonyl (C=O) groups is 2. The molecule has 0 unspecified atom stereocenters. The fourth-order valence-corrected chi connectivity index (χ4v) is 4.25. The Morgan fingerprint density at radius 2 is 1.68 bits per heavy atom. The van der Waals surface area contributed by atoms with Gasteiger partial charge in [-0.1, -0.05) is 71.2 Å². The molecule has 0 saturated heterocycles. The maximum Gasteiger partial charge on any atom is 0.242 e. The van der Waals surface area contributed by atoms with Crippen LogP contribution in [0.15, 0.2) is 46.9 Å². The van der Waals surface area contributed by atoms with Crippen LogP contribution in [-0.2, 0) is 21.9 Å². The smallest absolute Gasteiger partial charge is 0.242 e. The van der Waals surface area contributed by atoms with Crippen LogP contribution in [0.1, 0.15) is 31.9 Å². The highest BCUT2D eigenvalue weighted by Gasteiger charge is 2.26. The first-order valence-corrected chi connectivity index (χ1v) is 12.7. The lowest BCUT2D eigenvalue weighted by Crippen LogP contribution is -2.48. The van der Waals surface area contributed by atoms with Crippen LogP contribution in [0.2, 0.25) is 10.0 Å². The number of hydrogen-bond acceptors (Lipinski definition) is 3. The molecule has 2 aromatic carbocycles. The fraction of sp³-hybridized carbons (Fsp3) is 0.391. The van der Waals surface area contributed by atoms with E-state index in [-0.39, 0.29) is 24.1 Å². The first-order valence-electron chi connectivity index (χ1n) is 10.0. The number of amides is 2. The summed E-state index contributed by atoms with van der Waals surface area (Å²) in [5.41, 5.74) is 1.96. The van der Waals surface area contributed by atoms with Gasteiger partial charge in [0.2, 0.25) is 11.8 Å². The maximum absolute atomic E-state index is 13.1. The number of thioether (sulfide) groups is 1. The number of hydrogen-bond donors (Lipinski definition) is 1. The predicted octanol–water partition coefficient (Wildman–Crippen LogP) is 6.18. The number of nitrogens with one attached hydrogen (secondary N) is 1. The molecule has 0 heterocycles. The van der Waals surface area contributed by atoms with Gasteiger partial charge in [0, 0.05) is 23.3 Å². The molecule has 1 atom stereocenters. The van der Waals surface area contributed by atoms with Crippen LogP contribution >= 0.6 is 50.9 Å². The number of nitrogens with zero attached hydrogens (tertiary/aromatic N) is 1. The van der Waals surface area contributed by atoms with Crippen molar-refractivity contribution in [1.29, 1.82) is 0 Å². The lowest BCUT2D eigenvalue weighted by atomic mass is 10.1. The van der Waals surface area contributed by atoms with Crippen molar-refractivity contribution in [3.63, 3.8) is 0 Å². The molecule has 0 aliphatic rings. The normalized spacial score (nSPS) is 12.0. The zero-order valence-corrected chi connectivity index (χ0v) is 21.7. The topological polar surface area (TPSA) is 49.4 Å². The Bertz CT molecular complexity index is 894. The van der Waals surface area contributed by atoms with Crippen molar-refractivity contribution in [3.8, 4) is 0 Å². The van der Waals surface area contributed by atoms with Crippen molar-refractivity contribution >= 4 is 62.7 Å². The van der Waals surface area contributed by atoms with Gasteiger partial charge in [0.15, 0.2) is 0 Å². The van der Waals surface area contributed by atoms with Crippen LogP contribution in [0.3, 0.4) is 0 Å². The van der Waals surface area contributed by atoms with Gasteiger partial charge < -0.3 is 10.2 Å². The Morgan fingerprint density at radius 3 is 2.29 bits per heavy atom. The molecule has 0 bridgehead atoms. The molecule has 2 amide bonds. The first kappa shape index (κ1) is 26.0. The molecule has 2 aromatic rings. The average molecular weight is 546 g/mol. The summed E-state index contributed by atoms with van der Waals surface area (Å²) in [4.78, 5) is 27.4. The average Bonchev–Trinajstić information content (AvgIpc) is 2.73. The summed E-state index contributed by atoms with van der Waals surface area (Å²) in [6.07, 6.45) is 0. The van der Waals surface area contributed by atoms with E-state index in [1.807, 2.05) is 44.2 Å². The summed E-state index contributed by atoms with van der Waals surface area (Å²) in [6.45, 7) is 6.66. The summed E-state index contributed by atoms with van der Waals surface area (Å²) < 4.78 is 1.02. The Labute approximate surface area is 207 Å². The summed E-state index contributed by atoms with van der Waals surface area (Å²) in [5, 5.41) is 3.80. The molecule has 0 aliphatic heterocycles. The largest absolute Gasteiger partial charge is 0.354 e. The van der Waals surface area contributed by atoms with Gasteiger partial charge in [-0.25, -0.2) is 0 Å². The molecule has 2 rings (SSSR count). The van der Waals surface area contributed by atoms with Gasteiger partial charge in [-0.05, 0) is 48.2 Å². The van der Waals surface area contributed by atoms with E-state index < -0.39 is 6.04 Å². The molecule has 0 aliphatic carbocycles. The molecule has 1 N–H and O–H groups in total. The molecule has 0 aromatic heterocycles. The SMILES string of the molecule is CC(C)CNC(=O)[C@H](C)N(Cc1ccc(Cl)c(Cl)c1)C(=O)CSCc1ccc(Br)cc1. The third-order valence-electron chi connectivity index (χ3n) is 4.60. The van der Waals surface area contributed by atoms with Crippen LogP contribution in [-0.4, -0.2) is 35.1 Å². The molecular weight excluding hydrogens is 519 g/mol. The van der Waals surface area contributed by atoms with Crippen molar-refractivity contribution < 1.29 is 9.59 Å². The van der Waals surface area contributed by atoms with Crippen LogP contribution in [0.25, 0.3) is 0 Å². The number of halogens is 3. The highest BCUT2D eigenvalue weighted by atomic mass is 79.9. The Morgan fingerprint density at radius 1 is 1.03 bits per heavy atom. The summed E-state index contributed by atoms with van der Waals surface area (Å²) in [7, 11) is 0. The number of rotatable bonds is 10. The second kappa shape index (κ2) is 12.7. The Kier molecular flexibility index (Phi) is 10.7. The first-order chi connectivity index (χ1) is 14.7. The van der Waals surface area contributed by atoms with Crippen molar-refractivity contribution in [1.82, 2.24) is 10.2 Å². The number of benzene rings is 2. The summed E-state index contributed by atoms with van der Waals surface area (Å²) >= 11 is 17.1. The molecule has 0 saturated carbocycles. The quantitative estimate of drug-likeness (QED) is 0.388. The molecule has 0 radical (unpaired) electrons. The Hall–Kier alpha value is -1.21. The predicted molar refractivity (Wildman–Crippen MR) is 135 cm³/mol. The molecule has 0 fully saturated rings. The minimum Gasteiger partial charge on any atom is -0.354 e. The lowest BCUT2D eigenvalue weighted by Gasteiger charge is -2.29. The van der Waals surface area contributed by atoms with Crippen molar-refractivity contribution in [3.05, 3.63) is 68.1 Å². The van der Waals surface area contributed by atoms with Crippen LogP contribution < -0.4 is 5.32 Å². The third kappa shape index (κ3) is 8.68. The second-order valence-corrected chi connectivity index (χ2v) is 10.4. The highest BCUT2D eigenvalue weighted by molar-refractivity contribution is 9.10. The second-order valence-electron chi connectivity index (χ2n) is 7.70. The van der Waals surface area contributed by atoms with Crippen LogP contribution in [0, 0.1) is 5.92 Å². The van der Waals surface area contributed by atoms with Gasteiger partial charge in [0.1, 0.15) is 6.04 Å². The third-order valence-corrected chi connectivity index (χ3v) is 6.85. The highest BCUT2D eigenvalue weighted by Crippen LogP contribution is 2.24. The van der Waals surface area contributed by atoms with Gasteiger partial charge in [-0.3, -0.25) is 9.59 Å². The van der Waals surface area contributed by atoms with Crippen LogP contribution in [0.5, 0.6) is 0 Å². The van der Waals surface area contributed by atoms with Gasteiger partial charge >= 0.3 is 0 Å². The molecular formula is C23H27BrCl2N2O2S. The van der Waals surface area contributed by atoms with Crippen molar-refractivity contribution in [2.75, 3.05) is 12.3 Å². The van der Waals surface area contributed by atoms with Crippen LogP contribution in [0.4, 0.5) is 0 Å². The standard InChI is InChI=1S/C23H27BrCl2N2O2S/c1-15(2)11-27-23(30)16(3)28(12-18-6-9-20(25)21(26)10-18)22(29)14-31-13-17-4-7-19(24)8-5-17/h4-10,15-16H,11-14H2,1-3H3,(H,27,30)/t16-/m0/s1. The van der Waals surface area contributed by atoms with Crippen molar-refractivity contribution in [2.24, 2.45) is 5.92 Å². The zero-order chi connectivity index (χ0) is 23.0. The summed E-state index contributed by atoms with van der Waals surface area (Å²) in [6, 6.07) is 12.7. The lowest BCUT2D eigenvalue weighted by molar-refractivity contribution is -0.138. The van der Waals surface area contributed by atoms with E-state index in [1.165, 1.54) is 11.8 Å². The van der Waals surface area contributed by atoms with Gasteiger partial charge in [0.05, 0.1) is 15.8 Å². The van der Waals surface area contributed by atoms with Gasteiger partial charge in [0.25, 0.3) is 0 Å². The number of carbonyl (C=O) groups excluding carboxylic acids is 2. The molecule has 0 spiro atoms. The molecule has 4 nitrogen and oxygen atoms in total. The Balaban J connectivity index is 2.08. The summed E-state index contributed by atoms with van der Waals surface area (Å²) in [5.74, 6) is 1.06.